The number of anilines is 1. The van der Waals surface area contributed by atoms with E-state index in [9.17, 15) is 4.79 Å². The second-order valence-corrected chi connectivity index (χ2v) is 6.10. The van der Waals surface area contributed by atoms with Gasteiger partial charge in [0.1, 0.15) is 0 Å². The normalized spacial score (nSPS) is 13.3. The Morgan fingerprint density at radius 3 is 3.00 bits per heavy atom. The number of hydrogen-bond acceptors (Lipinski definition) is 3. The van der Waals surface area contributed by atoms with Gasteiger partial charge >= 0.3 is 0 Å². The van der Waals surface area contributed by atoms with Crippen molar-refractivity contribution in [1.82, 2.24) is 14.7 Å². The van der Waals surface area contributed by atoms with Crippen molar-refractivity contribution in [2.45, 2.75) is 39.8 Å². The Kier molecular flexibility index (Phi) is 4.37. The third kappa shape index (κ3) is 2.96. The largest absolute Gasteiger partial charge is 0.384 e. The highest BCUT2D eigenvalue weighted by atomic mass is 16.2. The molecule has 0 bridgehead atoms. The molecule has 1 amide bonds. The van der Waals surface area contributed by atoms with E-state index in [1.54, 1.807) is 4.90 Å². The van der Waals surface area contributed by atoms with Crippen LogP contribution >= 0.6 is 0 Å². The van der Waals surface area contributed by atoms with Gasteiger partial charge in [-0.05, 0) is 38.3 Å². The van der Waals surface area contributed by atoms with Crippen LogP contribution in [-0.2, 0) is 19.5 Å². The molecule has 0 saturated heterocycles. The van der Waals surface area contributed by atoms with Gasteiger partial charge in [-0.3, -0.25) is 9.48 Å². The average molecular weight is 312 g/mol. The van der Waals surface area contributed by atoms with Crippen molar-refractivity contribution in [2.24, 2.45) is 0 Å². The molecule has 0 fully saturated rings. The predicted molar refractivity (Wildman–Crippen MR) is 91.7 cm³/mol. The lowest BCUT2D eigenvalue weighted by Crippen LogP contribution is -2.28. The molecule has 1 aliphatic rings. The van der Waals surface area contributed by atoms with Gasteiger partial charge in [0, 0.05) is 37.9 Å². The predicted octanol–water partition coefficient (Wildman–Crippen LogP) is 2.84. The third-order valence-corrected chi connectivity index (χ3v) is 4.56. The van der Waals surface area contributed by atoms with Crippen molar-refractivity contribution in [3.8, 4) is 0 Å². The molecule has 0 saturated carbocycles. The molecule has 1 aromatic carbocycles. The van der Waals surface area contributed by atoms with E-state index in [4.69, 9.17) is 0 Å². The third-order valence-electron chi connectivity index (χ3n) is 4.56. The first-order valence-electron chi connectivity index (χ1n) is 8.24. The summed E-state index contributed by atoms with van der Waals surface area (Å²) < 4.78 is 1.96. The summed E-state index contributed by atoms with van der Waals surface area (Å²) in [6.07, 6.45) is 4.02. The van der Waals surface area contributed by atoms with Crippen molar-refractivity contribution < 1.29 is 4.79 Å². The maximum absolute atomic E-state index is 12.9. The minimum Gasteiger partial charge on any atom is -0.384 e. The highest BCUT2D eigenvalue weighted by Crippen LogP contribution is 2.27. The van der Waals surface area contributed by atoms with Crippen LogP contribution in [0.2, 0.25) is 0 Å². The molecule has 2 heterocycles. The summed E-state index contributed by atoms with van der Waals surface area (Å²) in [7, 11) is 1.85. The number of carbonyl (C=O) groups excluding carboxylic acids is 1. The maximum atomic E-state index is 12.9. The fourth-order valence-corrected chi connectivity index (χ4v) is 3.18. The van der Waals surface area contributed by atoms with Crippen LogP contribution in [0.25, 0.3) is 0 Å². The van der Waals surface area contributed by atoms with Crippen LogP contribution in [0.5, 0.6) is 0 Å². The summed E-state index contributed by atoms with van der Waals surface area (Å²) in [5.74, 6) is 0.0555. The first kappa shape index (κ1) is 15.6. The van der Waals surface area contributed by atoms with E-state index in [2.05, 4.69) is 30.3 Å². The van der Waals surface area contributed by atoms with E-state index < -0.39 is 0 Å². The second-order valence-electron chi connectivity index (χ2n) is 6.10. The number of benzene rings is 1. The second kappa shape index (κ2) is 6.44. The first-order valence-corrected chi connectivity index (χ1v) is 8.24. The van der Waals surface area contributed by atoms with Gasteiger partial charge in [-0.25, -0.2) is 0 Å². The van der Waals surface area contributed by atoms with Gasteiger partial charge in [0.2, 0.25) is 0 Å². The number of aryl methyl sites for hydroxylation is 2. The smallest absolute Gasteiger partial charge is 0.256 e. The molecule has 1 aromatic heterocycles. The zero-order valence-corrected chi connectivity index (χ0v) is 14.1. The lowest BCUT2D eigenvalue weighted by Gasteiger charge is -2.24. The van der Waals surface area contributed by atoms with Gasteiger partial charge < -0.3 is 10.2 Å². The number of nitrogens with zero attached hydrogens (tertiary/aromatic N) is 3. The van der Waals surface area contributed by atoms with Gasteiger partial charge in [-0.2, -0.15) is 5.10 Å². The Morgan fingerprint density at radius 2 is 2.26 bits per heavy atom. The number of carbonyl (C=O) groups is 1. The highest BCUT2D eigenvalue weighted by molar-refractivity contribution is 6.00. The summed E-state index contributed by atoms with van der Waals surface area (Å²) in [5, 5.41) is 7.75. The van der Waals surface area contributed by atoms with Gasteiger partial charge in [-0.1, -0.05) is 12.1 Å². The zero-order chi connectivity index (χ0) is 16.4. The number of amides is 1. The number of para-hydroxylation sites is 1. The number of nitrogens with one attached hydrogen (secondary N) is 1. The Bertz CT molecular complexity index is 720. The molecule has 2 aromatic rings. The molecule has 23 heavy (non-hydrogen) atoms. The van der Waals surface area contributed by atoms with Gasteiger partial charge in [0.25, 0.3) is 5.91 Å². The summed E-state index contributed by atoms with van der Waals surface area (Å²) in [6.45, 7) is 6.48. The van der Waals surface area contributed by atoms with Gasteiger partial charge in [-0.15, -0.1) is 0 Å². The lowest BCUT2D eigenvalue weighted by atomic mass is 9.99. The topological polar surface area (TPSA) is 50.2 Å². The lowest BCUT2D eigenvalue weighted by molar-refractivity contribution is 0.0785. The van der Waals surface area contributed by atoms with Crippen molar-refractivity contribution >= 4 is 11.6 Å². The molecule has 5 heteroatoms. The zero-order valence-electron chi connectivity index (χ0n) is 14.1. The number of hydrogen-bond donors (Lipinski definition) is 1. The van der Waals surface area contributed by atoms with Crippen molar-refractivity contribution in [3.63, 3.8) is 0 Å². The monoisotopic (exact) mass is 312 g/mol. The maximum Gasteiger partial charge on any atom is 0.256 e. The van der Waals surface area contributed by atoms with Crippen molar-refractivity contribution in [2.75, 3.05) is 18.9 Å². The van der Waals surface area contributed by atoms with Gasteiger partial charge in [0.05, 0.1) is 17.4 Å². The Labute approximate surface area is 137 Å². The minimum absolute atomic E-state index is 0.0555. The molecule has 0 radical (unpaired) electrons. The fraction of sp³-hybridized carbons (Fsp3) is 0.444. The van der Waals surface area contributed by atoms with Gasteiger partial charge in [0.15, 0.2) is 0 Å². The average Bonchev–Trinajstić information content (AvgIpc) is 2.93. The van der Waals surface area contributed by atoms with Crippen LogP contribution in [0.15, 0.2) is 24.4 Å². The summed E-state index contributed by atoms with van der Waals surface area (Å²) >= 11 is 0. The van der Waals surface area contributed by atoms with Crippen molar-refractivity contribution in [3.05, 3.63) is 46.8 Å². The molecule has 0 aliphatic carbocycles. The van der Waals surface area contributed by atoms with Crippen LogP contribution < -0.4 is 5.32 Å². The summed E-state index contributed by atoms with van der Waals surface area (Å²) in [6, 6.07) is 6.00. The number of fused-ring (bicyclic) bond motifs is 1. The quantitative estimate of drug-likeness (QED) is 0.944. The molecule has 0 unspecified atom stereocenters. The first-order chi connectivity index (χ1) is 11.1. The molecule has 1 N–H and O–H groups in total. The summed E-state index contributed by atoms with van der Waals surface area (Å²) in [5.41, 5.74) is 5.24. The standard InChI is InChI=1S/C18H24N4O/c1-4-22-13(2)15(11-20-22)12-21(3)18(23)16-9-5-7-14-8-6-10-19-17(14)16/h5,7,9,11,19H,4,6,8,10,12H2,1-3H3. The summed E-state index contributed by atoms with van der Waals surface area (Å²) in [4.78, 5) is 14.6. The van der Waals surface area contributed by atoms with Crippen molar-refractivity contribution in [1.29, 1.82) is 0 Å². The molecule has 0 spiro atoms. The molecular weight excluding hydrogens is 288 g/mol. The Balaban J connectivity index is 1.81. The van der Waals surface area contributed by atoms with E-state index in [1.807, 2.05) is 30.1 Å². The molecule has 0 atom stereocenters. The van der Waals surface area contributed by atoms with E-state index in [-0.39, 0.29) is 5.91 Å². The Morgan fingerprint density at radius 1 is 1.43 bits per heavy atom. The SMILES string of the molecule is CCn1ncc(CN(C)C(=O)c2cccc3c2NCCC3)c1C. The number of aromatic nitrogens is 2. The van der Waals surface area contributed by atoms with Crippen LogP contribution in [-0.4, -0.2) is 34.2 Å². The van der Waals surface area contributed by atoms with Crippen LogP contribution in [0.4, 0.5) is 5.69 Å². The van der Waals surface area contributed by atoms with E-state index in [0.717, 1.165) is 48.4 Å². The molecule has 3 rings (SSSR count). The van der Waals surface area contributed by atoms with E-state index in [1.165, 1.54) is 5.56 Å². The number of rotatable bonds is 4. The van der Waals surface area contributed by atoms with Crippen LogP contribution in [0.3, 0.4) is 0 Å². The minimum atomic E-state index is 0.0555. The molecular formula is C18H24N4O. The van der Waals surface area contributed by atoms with Crippen LogP contribution in [0.1, 0.15) is 40.5 Å². The molecule has 1 aliphatic heterocycles. The van der Waals surface area contributed by atoms with E-state index in [0.29, 0.717) is 6.54 Å². The Hall–Kier alpha value is -2.30. The van der Waals surface area contributed by atoms with E-state index >= 15 is 0 Å². The van der Waals surface area contributed by atoms with Crippen LogP contribution in [0, 0.1) is 6.92 Å². The molecule has 122 valence electrons. The fourth-order valence-electron chi connectivity index (χ4n) is 3.18. The highest BCUT2D eigenvalue weighted by Gasteiger charge is 2.21. The molecule has 5 nitrogen and oxygen atoms in total.